The third-order valence-electron chi connectivity index (χ3n) is 3.20. The molecule has 4 nitrogen and oxygen atoms in total. The molecule has 152 valence electrons. The number of aromatic nitrogens is 1. The summed E-state index contributed by atoms with van der Waals surface area (Å²) in [6.45, 7) is 0.559. The lowest BCUT2D eigenvalue weighted by atomic mass is 10.2. The highest BCUT2D eigenvalue weighted by atomic mass is 35.5. The third-order valence-corrected chi connectivity index (χ3v) is 3.73. The Kier molecular flexibility index (Phi) is 8.54. The molecular weight excluding hydrogens is 442 g/mol. The molecule has 28 heavy (non-hydrogen) atoms. The van der Waals surface area contributed by atoms with Crippen LogP contribution in [0.25, 0.3) is 0 Å². The smallest absolute Gasteiger partial charge is 0.416 e. The zero-order valence-corrected chi connectivity index (χ0v) is 16.6. The molecule has 0 bridgehead atoms. The van der Waals surface area contributed by atoms with Crippen molar-refractivity contribution in [3.63, 3.8) is 0 Å². The van der Waals surface area contributed by atoms with Crippen LogP contribution in [0.1, 0.15) is 12.0 Å². The van der Waals surface area contributed by atoms with E-state index in [1.165, 1.54) is 6.08 Å². The van der Waals surface area contributed by atoms with E-state index in [0.717, 1.165) is 18.3 Å². The maximum Gasteiger partial charge on any atom is 0.416 e. The van der Waals surface area contributed by atoms with E-state index in [9.17, 15) is 13.2 Å². The number of rotatable bonds is 9. The van der Waals surface area contributed by atoms with Gasteiger partial charge in [0.1, 0.15) is 22.6 Å². The average molecular weight is 457 g/mol. The average Bonchev–Trinajstić information content (AvgIpc) is 2.60. The van der Waals surface area contributed by atoms with Crippen LogP contribution in [0.15, 0.2) is 47.1 Å². The molecule has 2 aromatic rings. The van der Waals surface area contributed by atoms with Crippen LogP contribution in [0.2, 0.25) is 5.02 Å². The molecule has 2 rings (SSSR count). The standard InChI is InChI=1S/C18H15Cl3F3NO3/c19-13-9-14(11-15(10-13)27-7-3-16(20)21)26-5-1-6-28-17-8-12(2-4-25-17)18(22,23)24/h2-4,8-11H,1,5-7H2. The molecule has 0 fully saturated rings. The van der Waals surface area contributed by atoms with Gasteiger partial charge in [0.2, 0.25) is 5.88 Å². The number of pyridine rings is 1. The number of hydrogen-bond acceptors (Lipinski definition) is 4. The van der Waals surface area contributed by atoms with Gasteiger partial charge in [0, 0.05) is 29.8 Å². The predicted octanol–water partition coefficient (Wildman–Crippen LogP) is 6.30. The highest BCUT2D eigenvalue weighted by Gasteiger charge is 2.30. The zero-order valence-electron chi connectivity index (χ0n) is 14.3. The highest BCUT2D eigenvalue weighted by molar-refractivity contribution is 6.55. The maximum absolute atomic E-state index is 12.6. The normalized spacial score (nSPS) is 11.1. The highest BCUT2D eigenvalue weighted by Crippen LogP contribution is 2.30. The van der Waals surface area contributed by atoms with Crippen LogP contribution in [0, 0.1) is 0 Å². The fourth-order valence-corrected chi connectivity index (χ4v) is 2.34. The molecule has 0 radical (unpaired) electrons. The molecule has 0 atom stereocenters. The summed E-state index contributed by atoms with van der Waals surface area (Å²) in [5.41, 5.74) is -0.814. The quantitative estimate of drug-likeness (QED) is 0.415. The van der Waals surface area contributed by atoms with Crippen LogP contribution < -0.4 is 14.2 Å². The zero-order chi connectivity index (χ0) is 20.6. The van der Waals surface area contributed by atoms with Gasteiger partial charge in [-0.2, -0.15) is 13.2 Å². The Balaban J connectivity index is 1.79. The second kappa shape index (κ2) is 10.6. The minimum Gasteiger partial charge on any atom is -0.493 e. The largest absolute Gasteiger partial charge is 0.493 e. The van der Waals surface area contributed by atoms with Gasteiger partial charge < -0.3 is 14.2 Å². The van der Waals surface area contributed by atoms with Crippen molar-refractivity contribution >= 4 is 34.8 Å². The van der Waals surface area contributed by atoms with Crippen molar-refractivity contribution in [2.24, 2.45) is 0 Å². The molecular formula is C18H15Cl3F3NO3. The predicted molar refractivity (Wildman–Crippen MR) is 102 cm³/mol. The fourth-order valence-electron chi connectivity index (χ4n) is 1.99. The lowest BCUT2D eigenvalue weighted by molar-refractivity contribution is -0.137. The van der Waals surface area contributed by atoms with E-state index in [1.807, 2.05) is 0 Å². The first-order valence-electron chi connectivity index (χ1n) is 7.97. The van der Waals surface area contributed by atoms with Crippen molar-refractivity contribution in [2.75, 3.05) is 19.8 Å². The van der Waals surface area contributed by atoms with Crippen LogP contribution in [0.5, 0.6) is 17.4 Å². The first-order chi connectivity index (χ1) is 13.2. The Morgan fingerprint density at radius 1 is 1.00 bits per heavy atom. The molecule has 0 N–H and O–H groups in total. The van der Waals surface area contributed by atoms with Gasteiger partial charge in [-0.15, -0.1) is 0 Å². The van der Waals surface area contributed by atoms with E-state index >= 15 is 0 Å². The fraction of sp³-hybridized carbons (Fsp3) is 0.278. The van der Waals surface area contributed by atoms with Gasteiger partial charge in [-0.1, -0.05) is 34.8 Å². The summed E-state index contributed by atoms with van der Waals surface area (Å²) in [4.78, 5) is 3.75. The number of benzene rings is 1. The SMILES string of the molecule is FC(F)(F)c1ccnc(OCCCOc2cc(Cl)cc(OCC=C(Cl)Cl)c2)c1. The van der Waals surface area contributed by atoms with Crippen LogP contribution in [-0.4, -0.2) is 24.8 Å². The molecule has 0 amide bonds. The third kappa shape index (κ3) is 8.04. The molecule has 1 aromatic carbocycles. The second-order valence-electron chi connectivity index (χ2n) is 5.36. The Labute approximate surface area is 174 Å². The number of alkyl halides is 3. The summed E-state index contributed by atoms with van der Waals surface area (Å²) >= 11 is 17.0. The summed E-state index contributed by atoms with van der Waals surface area (Å²) in [5.74, 6) is 0.845. The molecule has 1 aromatic heterocycles. The number of hydrogen-bond donors (Lipinski definition) is 0. The van der Waals surface area contributed by atoms with E-state index in [-0.39, 0.29) is 30.2 Å². The molecule has 0 unspecified atom stereocenters. The molecule has 0 aliphatic rings. The molecule has 0 aliphatic heterocycles. The van der Waals surface area contributed by atoms with Gasteiger partial charge in [0.25, 0.3) is 0 Å². The molecule has 10 heteroatoms. The van der Waals surface area contributed by atoms with Gasteiger partial charge in [0.05, 0.1) is 18.8 Å². The lowest BCUT2D eigenvalue weighted by Crippen LogP contribution is -2.08. The summed E-state index contributed by atoms with van der Waals surface area (Å²) in [5, 5.41) is 0.415. The van der Waals surface area contributed by atoms with Gasteiger partial charge in [0.15, 0.2) is 0 Å². The van der Waals surface area contributed by atoms with E-state index in [2.05, 4.69) is 4.98 Å². The maximum atomic E-state index is 12.6. The van der Waals surface area contributed by atoms with Crippen molar-refractivity contribution in [1.29, 1.82) is 0 Å². The number of halogens is 6. The van der Waals surface area contributed by atoms with Crippen molar-refractivity contribution in [1.82, 2.24) is 4.98 Å². The van der Waals surface area contributed by atoms with Crippen molar-refractivity contribution in [3.05, 3.63) is 57.7 Å². The van der Waals surface area contributed by atoms with E-state index in [1.54, 1.807) is 18.2 Å². The van der Waals surface area contributed by atoms with Crippen LogP contribution >= 0.6 is 34.8 Å². The van der Waals surface area contributed by atoms with Gasteiger partial charge in [-0.05, 0) is 24.3 Å². The molecule has 0 spiro atoms. The van der Waals surface area contributed by atoms with Crippen molar-refractivity contribution in [3.8, 4) is 17.4 Å². The summed E-state index contributed by atoms with van der Waals surface area (Å²) in [6.07, 6.45) is -1.49. The first-order valence-corrected chi connectivity index (χ1v) is 9.11. The Bertz CT molecular complexity index is 812. The van der Waals surface area contributed by atoms with Gasteiger partial charge >= 0.3 is 6.18 Å². The van der Waals surface area contributed by atoms with Crippen LogP contribution in [0.4, 0.5) is 13.2 Å². The number of nitrogens with zero attached hydrogens (tertiary/aromatic N) is 1. The minimum absolute atomic E-state index is 0.0914. The summed E-state index contributed by atoms with van der Waals surface area (Å²) in [7, 11) is 0. The second-order valence-corrected chi connectivity index (χ2v) is 6.80. The topological polar surface area (TPSA) is 40.6 Å². The molecule has 1 heterocycles. The summed E-state index contributed by atoms with van der Waals surface area (Å²) < 4.78 is 54.2. The molecule has 0 saturated carbocycles. The Hall–Kier alpha value is -1.83. The lowest BCUT2D eigenvalue weighted by Gasteiger charge is -2.11. The van der Waals surface area contributed by atoms with E-state index in [0.29, 0.717) is 22.9 Å². The van der Waals surface area contributed by atoms with Crippen LogP contribution in [0.3, 0.4) is 0 Å². The van der Waals surface area contributed by atoms with Gasteiger partial charge in [-0.3, -0.25) is 0 Å². The van der Waals surface area contributed by atoms with Crippen LogP contribution in [-0.2, 0) is 6.18 Å². The summed E-state index contributed by atoms with van der Waals surface area (Å²) in [6, 6.07) is 6.58. The Morgan fingerprint density at radius 2 is 1.68 bits per heavy atom. The monoisotopic (exact) mass is 455 g/mol. The van der Waals surface area contributed by atoms with Crippen molar-refractivity contribution in [2.45, 2.75) is 12.6 Å². The molecule has 0 aliphatic carbocycles. The van der Waals surface area contributed by atoms with Gasteiger partial charge in [-0.25, -0.2) is 4.98 Å². The first kappa shape index (κ1) is 22.5. The molecule has 0 saturated heterocycles. The van der Waals surface area contributed by atoms with Crippen molar-refractivity contribution < 1.29 is 27.4 Å². The number of ether oxygens (including phenoxy) is 3. The van der Waals surface area contributed by atoms with E-state index < -0.39 is 11.7 Å². The Morgan fingerprint density at radius 3 is 2.36 bits per heavy atom. The minimum atomic E-state index is -4.44. The van der Waals surface area contributed by atoms with E-state index in [4.69, 9.17) is 49.0 Å².